The summed E-state index contributed by atoms with van der Waals surface area (Å²) in [6.07, 6.45) is 8.59. The second kappa shape index (κ2) is 7.88. The Hall–Kier alpha value is -3.46. The molecule has 4 aromatic rings. The summed E-state index contributed by atoms with van der Waals surface area (Å²) < 4.78 is 7.52. The summed E-state index contributed by atoms with van der Waals surface area (Å²) in [6, 6.07) is 7.17. The highest BCUT2D eigenvalue weighted by Gasteiger charge is 2.13. The average molecular weight is 406 g/mol. The van der Waals surface area contributed by atoms with Crippen LogP contribution < -0.4 is 10.3 Å². The first kappa shape index (κ1) is 18.9. The molecule has 4 rings (SSSR count). The molecule has 9 heteroatoms. The van der Waals surface area contributed by atoms with E-state index in [2.05, 4.69) is 25.1 Å². The highest BCUT2D eigenvalue weighted by Crippen LogP contribution is 2.28. The zero-order valence-electron chi connectivity index (χ0n) is 16.1. The number of aromatic nitrogens is 6. The number of rotatable bonds is 5. The van der Waals surface area contributed by atoms with Gasteiger partial charge in [0.2, 0.25) is 0 Å². The van der Waals surface area contributed by atoms with Crippen molar-refractivity contribution in [1.29, 1.82) is 0 Å². The SMILES string of the molecule is CSc1ncc(-c2ccc(Oc3ccnc(-c4cn[nH]c4)c3)c(C)n2)c(=O)n1C. The van der Waals surface area contributed by atoms with Crippen molar-refractivity contribution >= 4 is 11.8 Å². The van der Waals surface area contributed by atoms with Gasteiger partial charge in [-0.3, -0.25) is 19.4 Å². The average Bonchev–Trinajstić information content (AvgIpc) is 3.27. The Kier molecular flexibility index (Phi) is 5.13. The second-order valence-corrected chi connectivity index (χ2v) is 7.04. The lowest BCUT2D eigenvalue weighted by Gasteiger charge is -2.11. The molecule has 0 amide bonds. The largest absolute Gasteiger partial charge is 0.455 e. The minimum absolute atomic E-state index is 0.135. The first-order valence-corrected chi connectivity index (χ1v) is 10.0. The molecule has 1 N–H and O–H groups in total. The molecule has 0 bridgehead atoms. The van der Waals surface area contributed by atoms with Crippen molar-refractivity contribution in [3.05, 3.63) is 65.1 Å². The molecule has 0 fully saturated rings. The minimum Gasteiger partial charge on any atom is -0.455 e. The van der Waals surface area contributed by atoms with E-state index in [1.807, 2.05) is 19.2 Å². The highest BCUT2D eigenvalue weighted by atomic mass is 32.2. The van der Waals surface area contributed by atoms with Crippen LogP contribution in [0.2, 0.25) is 0 Å². The summed E-state index contributed by atoms with van der Waals surface area (Å²) in [5.74, 6) is 1.24. The van der Waals surface area contributed by atoms with Crippen LogP contribution in [0.3, 0.4) is 0 Å². The van der Waals surface area contributed by atoms with Crippen molar-refractivity contribution in [3.63, 3.8) is 0 Å². The van der Waals surface area contributed by atoms with E-state index < -0.39 is 0 Å². The van der Waals surface area contributed by atoms with E-state index in [4.69, 9.17) is 4.74 Å². The highest BCUT2D eigenvalue weighted by molar-refractivity contribution is 7.98. The van der Waals surface area contributed by atoms with E-state index >= 15 is 0 Å². The fourth-order valence-electron chi connectivity index (χ4n) is 2.85. The molecule has 0 radical (unpaired) electrons. The Labute approximate surface area is 171 Å². The van der Waals surface area contributed by atoms with Crippen LogP contribution in [0, 0.1) is 6.92 Å². The minimum atomic E-state index is -0.135. The van der Waals surface area contributed by atoms with Gasteiger partial charge in [0.15, 0.2) is 5.16 Å². The zero-order chi connectivity index (χ0) is 20.4. The number of H-pyrrole nitrogens is 1. The molecule has 0 aromatic carbocycles. The number of nitrogens with one attached hydrogen (secondary N) is 1. The Morgan fingerprint density at radius 2 is 2.00 bits per heavy atom. The molecule has 4 aromatic heterocycles. The maximum atomic E-state index is 12.6. The lowest BCUT2D eigenvalue weighted by Crippen LogP contribution is -2.21. The van der Waals surface area contributed by atoms with Crippen molar-refractivity contribution in [3.8, 4) is 34.0 Å². The zero-order valence-corrected chi connectivity index (χ0v) is 16.9. The van der Waals surface area contributed by atoms with Gasteiger partial charge in [0.25, 0.3) is 5.56 Å². The van der Waals surface area contributed by atoms with E-state index in [0.29, 0.717) is 33.6 Å². The van der Waals surface area contributed by atoms with Gasteiger partial charge in [-0.25, -0.2) is 9.97 Å². The van der Waals surface area contributed by atoms with E-state index in [-0.39, 0.29) is 5.56 Å². The lowest BCUT2D eigenvalue weighted by molar-refractivity contribution is 0.475. The third kappa shape index (κ3) is 3.77. The number of aryl methyl sites for hydroxylation is 1. The van der Waals surface area contributed by atoms with Gasteiger partial charge < -0.3 is 4.74 Å². The molecule has 29 heavy (non-hydrogen) atoms. The Bertz CT molecular complexity index is 1220. The smallest absolute Gasteiger partial charge is 0.263 e. The van der Waals surface area contributed by atoms with Crippen molar-refractivity contribution in [2.45, 2.75) is 12.1 Å². The fourth-order valence-corrected chi connectivity index (χ4v) is 3.37. The van der Waals surface area contributed by atoms with Gasteiger partial charge in [-0.2, -0.15) is 5.10 Å². The number of pyridine rings is 2. The van der Waals surface area contributed by atoms with E-state index in [1.165, 1.54) is 16.3 Å². The van der Waals surface area contributed by atoms with Gasteiger partial charge in [0.1, 0.15) is 11.5 Å². The summed E-state index contributed by atoms with van der Waals surface area (Å²) in [5.41, 5.74) is 3.17. The van der Waals surface area contributed by atoms with Gasteiger partial charge in [-0.15, -0.1) is 0 Å². The van der Waals surface area contributed by atoms with Crippen LogP contribution in [0.4, 0.5) is 0 Å². The molecule has 4 heterocycles. The summed E-state index contributed by atoms with van der Waals surface area (Å²) in [7, 11) is 1.70. The third-order valence-electron chi connectivity index (χ3n) is 4.38. The normalized spacial score (nSPS) is 10.9. The van der Waals surface area contributed by atoms with Crippen LogP contribution >= 0.6 is 11.8 Å². The molecule has 146 valence electrons. The van der Waals surface area contributed by atoms with Crippen molar-refractivity contribution < 1.29 is 4.74 Å². The molecule has 0 aliphatic rings. The number of aromatic amines is 1. The molecular formula is C20H18N6O2S. The number of ether oxygens (including phenoxy) is 1. The molecule has 0 saturated carbocycles. The number of nitrogens with zero attached hydrogens (tertiary/aromatic N) is 5. The molecule has 0 aliphatic carbocycles. The summed E-state index contributed by atoms with van der Waals surface area (Å²) >= 11 is 1.42. The van der Waals surface area contributed by atoms with Crippen molar-refractivity contribution in [1.82, 2.24) is 29.7 Å². The molecule has 0 aliphatic heterocycles. The van der Waals surface area contributed by atoms with Gasteiger partial charge >= 0.3 is 0 Å². The standard InChI is InChI=1S/C20H18N6O2S/c1-12-18(28-14-6-7-21-17(8-14)13-9-23-24-10-13)5-4-16(25-12)15-11-22-20(29-3)26(2)19(15)27/h4-11H,1-3H3,(H,23,24). The van der Waals surface area contributed by atoms with E-state index in [1.54, 1.807) is 50.0 Å². The number of hydrogen-bond acceptors (Lipinski definition) is 7. The molecular weight excluding hydrogens is 388 g/mol. The molecule has 0 spiro atoms. The van der Waals surface area contributed by atoms with E-state index in [0.717, 1.165) is 11.3 Å². The Balaban J connectivity index is 1.63. The molecule has 8 nitrogen and oxygen atoms in total. The maximum absolute atomic E-state index is 12.6. The van der Waals surface area contributed by atoms with Crippen molar-refractivity contribution in [2.24, 2.45) is 7.05 Å². The predicted molar refractivity (Wildman–Crippen MR) is 111 cm³/mol. The summed E-state index contributed by atoms with van der Waals surface area (Å²) in [4.78, 5) is 25.8. The number of hydrogen-bond donors (Lipinski definition) is 1. The van der Waals surface area contributed by atoms with Gasteiger partial charge in [-0.05, 0) is 31.4 Å². The number of thioether (sulfide) groups is 1. The molecule has 0 saturated heterocycles. The van der Waals surface area contributed by atoms with Crippen LogP contribution in [0.25, 0.3) is 22.5 Å². The maximum Gasteiger partial charge on any atom is 0.263 e. The molecule has 0 atom stereocenters. The first-order chi connectivity index (χ1) is 14.1. The Morgan fingerprint density at radius 1 is 1.14 bits per heavy atom. The summed E-state index contributed by atoms with van der Waals surface area (Å²) in [6.45, 7) is 1.84. The van der Waals surface area contributed by atoms with Gasteiger partial charge in [0.05, 0.1) is 28.8 Å². The topological polar surface area (TPSA) is 98.6 Å². The fraction of sp³-hybridized carbons (Fsp3) is 0.150. The van der Waals surface area contributed by atoms with Gasteiger partial charge in [-0.1, -0.05) is 11.8 Å². The predicted octanol–water partition coefficient (Wildman–Crippen LogP) is 3.45. The molecule has 0 unspecified atom stereocenters. The monoisotopic (exact) mass is 406 g/mol. The summed E-state index contributed by atoms with van der Waals surface area (Å²) in [5, 5.41) is 7.36. The quantitative estimate of drug-likeness (QED) is 0.400. The van der Waals surface area contributed by atoms with Crippen molar-refractivity contribution in [2.75, 3.05) is 6.26 Å². The van der Waals surface area contributed by atoms with E-state index in [9.17, 15) is 4.79 Å². The first-order valence-electron chi connectivity index (χ1n) is 8.78. The third-order valence-corrected chi connectivity index (χ3v) is 5.12. The van der Waals surface area contributed by atoms with Crippen LogP contribution in [0.15, 0.2) is 59.0 Å². The van der Waals surface area contributed by atoms with Crippen LogP contribution in [-0.4, -0.2) is 36.0 Å². The van der Waals surface area contributed by atoms with Crippen LogP contribution in [0.5, 0.6) is 11.5 Å². The lowest BCUT2D eigenvalue weighted by atomic mass is 10.2. The van der Waals surface area contributed by atoms with Gasteiger partial charge in [0, 0.05) is 37.3 Å². The van der Waals surface area contributed by atoms with Crippen LogP contribution in [0.1, 0.15) is 5.69 Å². The Morgan fingerprint density at radius 3 is 2.72 bits per heavy atom. The van der Waals surface area contributed by atoms with Crippen LogP contribution in [-0.2, 0) is 7.05 Å². The second-order valence-electron chi connectivity index (χ2n) is 6.27.